The maximum absolute atomic E-state index is 3.75. The van der Waals surface area contributed by atoms with Gasteiger partial charge in [0.05, 0.1) is 0 Å². The lowest BCUT2D eigenvalue weighted by Crippen LogP contribution is -2.31. The van der Waals surface area contributed by atoms with E-state index in [1.54, 1.807) is 0 Å². The first-order valence-electron chi connectivity index (χ1n) is 6.95. The number of rotatable bonds is 3. The molecule has 0 aliphatic heterocycles. The molecule has 2 nitrogen and oxygen atoms in total. The largest absolute Gasteiger partial charge is 0.382 e. The van der Waals surface area contributed by atoms with Gasteiger partial charge in [0.15, 0.2) is 0 Å². The summed E-state index contributed by atoms with van der Waals surface area (Å²) in [5.41, 5.74) is 4.32. The van der Waals surface area contributed by atoms with Crippen molar-refractivity contribution >= 4 is 11.4 Å². The summed E-state index contributed by atoms with van der Waals surface area (Å²) in [5, 5.41) is 3.75. The highest BCUT2D eigenvalue weighted by Gasteiger charge is 2.34. The van der Waals surface area contributed by atoms with Gasteiger partial charge < -0.3 is 10.2 Å². The molecule has 2 rings (SSSR count). The summed E-state index contributed by atoms with van der Waals surface area (Å²) in [5.74, 6) is 0. The van der Waals surface area contributed by atoms with Crippen molar-refractivity contribution in [1.29, 1.82) is 0 Å². The van der Waals surface area contributed by atoms with E-state index in [0.717, 1.165) is 0 Å². The minimum atomic E-state index is 0.423. The smallest absolute Gasteiger partial charge is 0.0373 e. The van der Waals surface area contributed by atoms with Crippen LogP contribution in [0.15, 0.2) is 18.2 Å². The van der Waals surface area contributed by atoms with Crippen molar-refractivity contribution in [3.63, 3.8) is 0 Å². The highest BCUT2D eigenvalue weighted by Crippen LogP contribution is 2.39. The third-order valence-corrected chi connectivity index (χ3v) is 4.31. The summed E-state index contributed by atoms with van der Waals surface area (Å²) in [6.07, 6.45) is 3.97. The summed E-state index contributed by atoms with van der Waals surface area (Å²) < 4.78 is 0. The molecule has 1 unspecified atom stereocenters. The maximum atomic E-state index is 3.75. The van der Waals surface area contributed by atoms with Gasteiger partial charge in [0.25, 0.3) is 0 Å². The SMILES string of the molecule is Cc1cc(N(C)C)ccc1NC1CCCC1(C)C. The van der Waals surface area contributed by atoms with Gasteiger partial charge in [0.2, 0.25) is 0 Å². The highest BCUT2D eigenvalue weighted by molar-refractivity contribution is 5.60. The minimum Gasteiger partial charge on any atom is -0.382 e. The van der Waals surface area contributed by atoms with Gasteiger partial charge in [0.1, 0.15) is 0 Å². The fourth-order valence-corrected chi connectivity index (χ4v) is 2.87. The van der Waals surface area contributed by atoms with Gasteiger partial charge in [-0.05, 0) is 48.9 Å². The molecule has 18 heavy (non-hydrogen) atoms. The Kier molecular flexibility index (Phi) is 3.56. The Bertz CT molecular complexity index is 421. The molecule has 0 radical (unpaired) electrons. The van der Waals surface area contributed by atoms with Crippen LogP contribution in [0.5, 0.6) is 0 Å². The normalized spacial score (nSPS) is 21.9. The Morgan fingerprint density at radius 3 is 2.50 bits per heavy atom. The van der Waals surface area contributed by atoms with Gasteiger partial charge >= 0.3 is 0 Å². The van der Waals surface area contributed by atoms with E-state index in [0.29, 0.717) is 11.5 Å². The Balaban J connectivity index is 2.15. The first-order chi connectivity index (χ1) is 8.40. The van der Waals surface area contributed by atoms with E-state index < -0.39 is 0 Å². The van der Waals surface area contributed by atoms with Gasteiger partial charge in [-0.3, -0.25) is 0 Å². The van der Waals surface area contributed by atoms with Gasteiger partial charge in [-0.2, -0.15) is 0 Å². The zero-order valence-electron chi connectivity index (χ0n) is 12.4. The van der Waals surface area contributed by atoms with Crippen molar-refractivity contribution in [3.8, 4) is 0 Å². The van der Waals surface area contributed by atoms with Crippen molar-refractivity contribution in [1.82, 2.24) is 0 Å². The second-order valence-corrected chi connectivity index (χ2v) is 6.47. The molecule has 1 aliphatic rings. The van der Waals surface area contributed by atoms with Gasteiger partial charge in [-0.1, -0.05) is 20.3 Å². The van der Waals surface area contributed by atoms with Crippen LogP contribution in [-0.2, 0) is 0 Å². The van der Waals surface area contributed by atoms with Crippen molar-refractivity contribution in [3.05, 3.63) is 23.8 Å². The third kappa shape index (κ3) is 2.63. The second-order valence-electron chi connectivity index (χ2n) is 6.47. The molecular formula is C16H26N2. The van der Waals surface area contributed by atoms with Crippen LogP contribution in [-0.4, -0.2) is 20.1 Å². The molecule has 0 bridgehead atoms. The van der Waals surface area contributed by atoms with Crippen LogP contribution in [0.3, 0.4) is 0 Å². The van der Waals surface area contributed by atoms with Gasteiger partial charge in [0, 0.05) is 31.5 Å². The zero-order chi connectivity index (χ0) is 13.3. The molecule has 2 heteroatoms. The fraction of sp³-hybridized carbons (Fsp3) is 0.625. The predicted octanol–water partition coefficient (Wildman–Crippen LogP) is 4.05. The molecule has 1 aromatic rings. The number of hydrogen-bond donors (Lipinski definition) is 1. The molecular weight excluding hydrogens is 220 g/mol. The van der Waals surface area contributed by atoms with Crippen molar-refractivity contribution in [2.45, 2.75) is 46.1 Å². The first kappa shape index (κ1) is 13.3. The van der Waals surface area contributed by atoms with E-state index in [2.05, 4.69) is 63.3 Å². The molecule has 1 N–H and O–H groups in total. The molecule has 0 amide bonds. The first-order valence-corrected chi connectivity index (χ1v) is 6.95. The van der Waals surface area contributed by atoms with Crippen molar-refractivity contribution in [2.75, 3.05) is 24.3 Å². The van der Waals surface area contributed by atoms with Crippen LogP contribution in [0.25, 0.3) is 0 Å². The molecule has 1 saturated carbocycles. The summed E-state index contributed by atoms with van der Waals surface area (Å²) in [7, 11) is 4.17. The van der Waals surface area contributed by atoms with E-state index in [9.17, 15) is 0 Å². The molecule has 100 valence electrons. The third-order valence-electron chi connectivity index (χ3n) is 4.31. The number of anilines is 2. The Morgan fingerprint density at radius 1 is 1.28 bits per heavy atom. The van der Waals surface area contributed by atoms with Crippen molar-refractivity contribution < 1.29 is 0 Å². The molecule has 1 fully saturated rings. The van der Waals surface area contributed by atoms with Crippen LogP contribution in [0, 0.1) is 12.3 Å². The monoisotopic (exact) mass is 246 g/mol. The van der Waals surface area contributed by atoms with Crippen LogP contribution in [0.1, 0.15) is 38.7 Å². The summed E-state index contributed by atoms with van der Waals surface area (Å²) in [6.45, 7) is 6.94. The summed E-state index contributed by atoms with van der Waals surface area (Å²) in [6, 6.07) is 7.28. The molecule has 1 atom stereocenters. The number of hydrogen-bond acceptors (Lipinski definition) is 2. The molecule has 0 saturated heterocycles. The van der Waals surface area contributed by atoms with E-state index >= 15 is 0 Å². The topological polar surface area (TPSA) is 15.3 Å². The lowest BCUT2D eigenvalue weighted by atomic mass is 9.87. The summed E-state index contributed by atoms with van der Waals surface area (Å²) >= 11 is 0. The maximum Gasteiger partial charge on any atom is 0.0373 e. The predicted molar refractivity (Wildman–Crippen MR) is 80.5 cm³/mol. The molecule has 0 spiro atoms. The minimum absolute atomic E-state index is 0.423. The standard InChI is InChI=1S/C16H26N2/c1-12-11-13(18(4)5)8-9-14(12)17-15-7-6-10-16(15,2)3/h8-9,11,15,17H,6-7,10H2,1-5H3. The number of aryl methyl sites for hydroxylation is 1. The van der Waals surface area contributed by atoms with Crippen LogP contribution in [0.2, 0.25) is 0 Å². The Hall–Kier alpha value is -1.18. The zero-order valence-corrected chi connectivity index (χ0v) is 12.4. The van der Waals surface area contributed by atoms with Gasteiger partial charge in [-0.25, -0.2) is 0 Å². The highest BCUT2D eigenvalue weighted by atomic mass is 15.1. The van der Waals surface area contributed by atoms with Gasteiger partial charge in [-0.15, -0.1) is 0 Å². The Morgan fingerprint density at radius 2 is 2.00 bits per heavy atom. The lowest BCUT2D eigenvalue weighted by Gasteiger charge is -2.29. The van der Waals surface area contributed by atoms with E-state index in [1.807, 2.05) is 0 Å². The molecule has 1 aliphatic carbocycles. The van der Waals surface area contributed by atoms with E-state index in [1.165, 1.54) is 36.2 Å². The quantitative estimate of drug-likeness (QED) is 0.865. The molecule has 0 aromatic heterocycles. The summed E-state index contributed by atoms with van der Waals surface area (Å²) in [4.78, 5) is 2.15. The van der Waals surface area contributed by atoms with Crippen LogP contribution < -0.4 is 10.2 Å². The fourth-order valence-electron chi connectivity index (χ4n) is 2.87. The molecule has 1 aromatic carbocycles. The number of benzene rings is 1. The average molecular weight is 246 g/mol. The molecule has 0 heterocycles. The lowest BCUT2D eigenvalue weighted by molar-refractivity contribution is 0.350. The second kappa shape index (κ2) is 4.83. The Labute approximate surface area is 111 Å². The number of nitrogens with zero attached hydrogens (tertiary/aromatic N) is 1. The van der Waals surface area contributed by atoms with Crippen LogP contribution >= 0.6 is 0 Å². The average Bonchev–Trinajstić information content (AvgIpc) is 2.61. The van der Waals surface area contributed by atoms with E-state index in [-0.39, 0.29) is 0 Å². The van der Waals surface area contributed by atoms with E-state index in [4.69, 9.17) is 0 Å². The van der Waals surface area contributed by atoms with Crippen LogP contribution in [0.4, 0.5) is 11.4 Å². The van der Waals surface area contributed by atoms with Crippen molar-refractivity contribution in [2.24, 2.45) is 5.41 Å². The number of nitrogens with one attached hydrogen (secondary N) is 1.